The van der Waals surface area contributed by atoms with Gasteiger partial charge in [-0.3, -0.25) is 0 Å². The topological polar surface area (TPSA) is 26.3 Å². The van der Waals surface area contributed by atoms with Crippen molar-refractivity contribution >= 4 is 11.8 Å². The van der Waals surface area contributed by atoms with E-state index in [-0.39, 0.29) is 11.2 Å². The maximum atomic E-state index is 15.7. The van der Waals surface area contributed by atoms with E-state index in [0.29, 0.717) is 28.9 Å². The smallest absolute Gasteiger partial charge is 0.343 e. The van der Waals surface area contributed by atoms with Gasteiger partial charge in [-0.2, -0.15) is 0 Å². The van der Waals surface area contributed by atoms with Crippen LogP contribution in [0, 0.1) is 5.41 Å². The van der Waals surface area contributed by atoms with Crippen LogP contribution in [0.2, 0.25) is 0 Å². The zero-order valence-corrected chi connectivity index (χ0v) is 19.8. The second kappa shape index (κ2) is 9.68. The molecule has 0 amide bonds. The summed E-state index contributed by atoms with van der Waals surface area (Å²) in [7, 11) is 0. The molecule has 0 spiro atoms. The van der Waals surface area contributed by atoms with E-state index in [1.54, 1.807) is 37.3 Å². The third kappa shape index (κ3) is 4.93. The molecule has 2 aromatic carbocycles. The Labute approximate surface area is 191 Å². The molecule has 168 valence electrons. The molecule has 1 aliphatic rings. The number of benzene rings is 2. The number of rotatable bonds is 6. The van der Waals surface area contributed by atoms with Crippen LogP contribution in [0.1, 0.15) is 75.4 Å². The fraction of sp³-hybridized carbons (Fsp3) is 0.345. The Morgan fingerprint density at radius 3 is 2.47 bits per heavy atom. The zero-order valence-electron chi connectivity index (χ0n) is 19.8. The molecule has 1 aliphatic carbocycles. The van der Waals surface area contributed by atoms with Crippen molar-refractivity contribution in [3.8, 4) is 5.75 Å². The molecule has 0 bridgehead atoms. The summed E-state index contributed by atoms with van der Waals surface area (Å²) in [6.45, 7) is 14.6. The van der Waals surface area contributed by atoms with Gasteiger partial charge in [-0.1, -0.05) is 57.2 Å². The molecule has 0 saturated heterocycles. The number of hydrogen-bond acceptors (Lipinski definition) is 2. The minimum absolute atomic E-state index is 0.0143. The molecule has 0 radical (unpaired) electrons. The number of carbonyl (C=O) groups excluding carboxylic acids is 1. The zero-order chi connectivity index (χ0) is 23.5. The van der Waals surface area contributed by atoms with Gasteiger partial charge in [-0.15, -0.1) is 0 Å². The first-order valence-electron chi connectivity index (χ1n) is 11.3. The highest BCUT2D eigenvalue weighted by atomic mass is 19.1. The fourth-order valence-corrected chi connectivity index (χ4v) is 4.69. The predicted molar refractivity (Wildman–Crippen MR) is 130 cm³/mol. The average Bonchev–Trinajstić information content (AvgIpc) is 2.77. The second-order valence-corrected chi connectivity index (χ2v) is 9.24. The number of para-hydroxylation sites is 1. The summed E-state index contributed by atoms with van der Waals surface area (Å²) in [6.07, 6.45) is 3.86. The monoisotopic (exact) mass is 432 g/mol. The largest absolute Gasteiger partial charge is 0.423 e. The van der Waals surface area contributed by atoms with E-state index in [9.17, 15) is 4.79 Å². The number of aryl methyl sites for hydroxylation is 1. The molecule has 0 N–H and O–H groups in total. The van der Waals surface area contributed by atoms with Crippen molar-refractivity contribution in [1.82, 2.24) is 0 Å². The molecular weight excluding hydrogens is 399 g/mol. The van der Waals surface area contributed by atoms with Gasteiger partial charge in [0.25, 0.3) is 0 Å². The van der Waals surface area contributed by atoms with Crippen LogP contribution in [0.15, 0.2) is 77.4 Å². The quantitative estimate of drug-likeness (QED) is 0.261. The number of allylic oxidation sites excluding steroid dienone is 4. The van der Waals surface area contributed by atoms with E-state index in [1.807, 2.05) is 25.1 Å². The van der Waals surface area contributed by atoms with Gasteiger partial charge in [0.1, 0.15) is 11.6 Å². The maximum absolute atomic E-state index is 15.7. The number of esters is 1. The molecule has 3 heteroatoms. The lowest BCUT2D eigenvalue weighted by Gasteiger charge is -2.36. The van der Waals surface area contributed by atoms with Gasteiger partial charge in [-0.05, 0) is 91.5 Å². The molecule has 0 unspecified atom stereocenters. The number of halogens is 1. The van der Waals surface area contributed by atoms with Gasteiger partial charge in [0.15, 0.2) is 0 Å². The fourth-order valence-electron chi connectivity index (χ4n) is 4.69. The molecular formula is C29H33FO2. The lowest BCUT2D eigenvalue weighted by Crippen LogP contribution is -2.22. The van der Waals surface area contributed by atoms with Gasteiger partial charge in [0.05, 0.1) is 5.56 Å². The summed E-state index contributed by atoms with van der Waals surface area (Å²) in [5.41, 5.74) is 5.49. The number of hydrogen-bond donors (Lipinski definition) is 0. The average molecular weight is 433 g/mol. The van der Waals surface area contributed by atoms with Crippen LogP contribution >= 0.6 is 0 Å². The Kier molecular flexibility index (Phi) is 7.18. The third-order valence-corrected chi connectivity index (χ3v) is 6.45. The van der Waals surface area contributed by atoms with E-state index in [1.165, 1.54) is 11.1 Å². The Bertz CT molecular complexity index is 1090. The summed E-state index contributed by atoms with van der Waals surface area (Å²) >= 11 is 0. The van der Waals surface area contributed by atoms with Crippen molar-refractivity contribution in [2.75, 3.05) is 0 Å². The Balaban J connectivity index is 1.93. The van der Waals surface area contributed by atoms with Crippen LogP contribution in [-0.4, -0.2) is 5.97 Å². The van der Waals surface area contributed by atoms with Crippen LogP contribution in [-0.2, 0) is 6.42 Å². The minimum atomic E-state index is -0.451. The van der Waals surface area contributed by atoms with Crippen molar-refractivity contribution in [2.24, 2.45) is 5.41 Å². The van der Waals surface area contributed by atoms with Crippen molar-refractivity contribution in [2.45, 2.75) is 60.3 Å². The van der Waals surface area contributed by atoms with Gasteiger partial charge in [0.2, 0.25) is 0 Å². The highest BCUT2D eigenvalue weighted by molar-refractivity contribution is 5.92. The summed E-state index contributed by atoms with van der Waals surface area (Å²) in [6, 6.07) is 14.0. The van der Waals surface area contributed by atoms with Crippen LogP contribution in [0.4, 0.5) is 4.39 Å². The molecule has 0 saturated carbocycles. The van der Waals surface area contributed by atoms with Crippen molar-refractivity contribution in [3.05, 3.63) is 94.1 Å². The molecule has 32 heavy (non-hydrogen) atoms. The number of ether oxygens (including phenoxy) is 1. The van der Waals surface area contributed by atoms with Gasteiger partial charge in [0, 0.05) is 5.56 Å². The van der Waals surface area contributed by atoms with Gasteiger partial charge in [-0.25, -0.2) is 9.18 Å². The molecule has 2 aromatic rings. The van der Waals surface area contributed by atoms with Crippen molar-refractivity contribution < 1.29 is 13.9 Å². The predicted octanol–water partition coefficient (Wildman–Crippen LogP) is 8.25. The lowest BCUT2D eigenvalue weighted by molar-refractivity contribution is 0.0734. The van der Waals surface area contributed by atoms with Gasteiger partial charge >= 0.3 is 5.97 Å². The Hall–Kier alpha value is -2.94. The molecule has 3 rings (SSSR count). The maximum Gasteiger partial charge on any atom is 0.343 e. The summed E-state index contributed by atoms with van der Waals surface area (Å²) < 4.78 is 21.2. The summed E-state index contributed by atoms with van der Waals surface area (Å²) in [5.74, 6) is -0.249. The normalized spacial score (nSPS) is 16.4. The molecule has 0 heterocycles. The van der Waals surface area contributed by atoms with E-state index in [0.717, 1.165) is 30.4 Å². The van der Waals surface area contributed by atoms with E-state index < -0.39 is 5.97 Å². The van der Waals surface area contributed by atoms with Crippen molar-refractivity contribution in [3.63, 3.8) is 0 Å². The molecule has 2 nitrogen and oxygen atoms in total. The molecule has 0 aromatic heterocycles. The Morgan fingerprint density at radius 2 is 1.84 bits per heavy atom. The standard InChI is InChI=1S/C29H33FO2/c1-7-22-18-23(28(31)32-24-13-9-8-10-14-24)15-16-25(22)27(30)21(4)20(3)26-19(2)12-11-17-29(26,5)6/h8-10,13-16,18H,3,7,11-12,17H2,1-2,4-6H3/b27-21-. The molecule has 0 atom stereocenters. The van der Waals surface area contributed by atoms with Crippen LogP contribution in [0.3, 0.4) is 0 Å². The SMILES string of the molecule is C=C(C1=C(C)CCCC1(C)C)/C(C)=C(\F)c1ccc(C(=O)Oc2ccccc2)cc1CC. The van der Waals surface area contributed by atoms with E-state index in [4.69, 9.17) is 4.74 Å². The summed E-state index contributed by atoms with van der Waals surface area (Å²) in [5, 5.41) is 0. The first-order chi connectivity index (χ1) is 15.2. The first kappa shape index (κ1) is 23.7. The first-order valence-corrected chi connectivity index (χ1v) is 11.3. The van der Waals surface area contributed by atoms with Crippen LogP contribution in [0.5, 0.6) is 5.75 Å². The van der Waals surface area contributed by atoms with Crippen molar-refractivity contribution in [1.29, 1.82) is 0 Å². The van der Waals surface area contributed by atoms with E-state index >= 15 is 4.39 Å². The highest BCUT2D eigenvalue weighted by Crippen LogP contribution is 2.46. The molecule has 0 fully saturated rings. The minimum Gasteiger partial charge on any atom is -0.423 e. The summed E-state index contributed by atoms with van der Waals surface area (Å²) in [4.78, 5) is 12.6. The van der Waals surface area contributed by atoms with Gasteiger partial charge < -0.3 is 4.74 Å². The highest BCUT2D eigenvalue weighted by Gasteiger charge is 2.31. The van der Waals surface area contributed by atoms with E-state index in [2.05, 4.69) is 27.4 Å². The number of carbonyl (C=O) groups is 1. The van der Waals surface area contributed by atoms with Crippen LogP contribution < -0.4 is 4.74 Å². The molecule has 0 aliphatic heterocycles. The lowest BCUT2D eigenvalue weighted by atomic mass is 9.69. The second-order valence-electron chi connectivity index (χ2n) is 9.24. The Morgan fingerprint density at radius 1 is 1.16 bits per heavy atom. The van der Waals surface area contributed by atoms with Crippen LogP contribution in [0.25, 0.3) is 5.83 Å². The third-order valence-electron chi connectivity index (χ3n) is 6.45.